The summed E-state index contributed by atoms with van der Waals surface area (Å²) in [6.45, 7) is 3.84. The minimum absolute atomic E-state index is 0.141. The van der Waals surface area contributed by atoms with Gasteiger partial charge in [0, 0.05) is 25.5 Å². The van der Waals surface area contributed by atoms with Gasteiger partial charge in [-0.3, -0.25) is 9.59 Å². The van der Waals surface area contributed by atoms with Crippen molar-refractivity contribution in [1.29, 1.82) is 0 Å². The minimum Gasteiger partial charge on any atom is -0.381 e. The van der Waals surface area contributed by atoms with Gasteiger partial charge in [-0.2, -0.15) is 0 Å². The number of hydrogen-bond acceptors (Lipinski definition) is 3. The van der Waals surface area contributed by atoms with Gasteiger partial charge in [0.25, 0.3) is 0 Å². The van der Waals surface area contributed by atoms with Crippen molar-refractivity contribution in [2.24, 2.45) is 5.92 Å². The Morgan fingerprint density at radius 2 is 2.37 bits per heavy atom. The number of rotatable bonds is 3. The van der Waals surface area contributed by atoms with Crippen molar-refractivity contribution in [3.63, 3.8) is 0 Å². The first-order chi connectivity index (χ1) is 9.11. The summed E-state index contributed by atoms with van der Waals surface area (Å²) in [4.78, 5) is 24.0. The molecule has 0 bridgehead atoms. The molecule has 0 radical (unpaired) electrons. The van der Waals surface area contributed by atoms with E-state index in [-0.39, 0.29) is 17.3 Å². The lowest BCUT2D eigenvalue weighted by molar-refractivity contribution is -0.123. The quantitative estimate of drug-likeness (QED) is 0.923. The summed E-state index contributed by atoms with van der Waals surface area (Å²) in [5.41, 5.74) is 0.113. The van der Waals surface area contributed by atoms with E-state index in [4.69, 9.17) is 4.74 Å². The fourth-order valence-corrected chi connectivity index (χ4v) is 2.53. The molecule has 6 heteroatoms. The number of nitrogens with zero attached hydrogens (tertiary/aromatic N) is 1. The normalized spacial score (nSPS) is 19.2. The van der Waals surface area contributed by atoms with Crippen LogP contribution in [0, 0.1) is 5.92 Å². The Balaban J connectivity index is 2.15. The summed E-state index contributed by atoms with van der Waals surface area (Å²) >= 11 is 3.21. The largest absolute Gasteiger partial charge is 0.381 e. The van der Waals surface area contributed by atoms with Crippen molar-refractivity contribution in [3.8, 4) is 0 Å². The maximum Gasteiger partial charge on any atom is 0.229 e. The van der Waals surface area contributed by atoms with E-state index in [0.717, 1.165) is 19.4 Å². The van der Waals surface area contributed by atoms with Crippen LogP contribution in [0.25, 0.3) is 0 Å². The highest BCUT2D eigenvalue weighted by atomic mass is 79.9. The van der Waals surface area contributed by atoms with Crippen LogP contribution < -0.4 is 10.7 Å². The number of aromatic nitrogens is 1. The van der Waals surface area contributed by atoms with Crippen LogP contribution in [-0.4, -0.2) is 23.7 Å². The van der Waals surface area contributed by atoms with Crippen LogP contribution in [0.4, 0.5) is 5.69 Å². The molecule has 2 heterocycles. The van der Waals surface area contributed by atoms with Gasteiger partial charge in [-0.05, 0) is 35.7 Å². The van der Waals surface area contributed by atoms with Crippen LogP contribution in [0.3, 0.4) is 0 Å². The van der Waals surface area contributed by atoms with Gasteiger partial charge in [-0.25, -0.2) is 0 Å². The first kappa shape index (κ1) is 14.3. The van der Waals surface area contributed by atoms with Crippen molar-refractivity contribution in [2.75, 3.05) is 18.5 Å². The second-order valence-electron chi connectivity index (χ2n) is 4.58. The Hall–Kier alpha value is -1.14. The van der Waals surface area contributed by atoms with E-state index < -0.39 is 0 Å². The van der Waals surface area contributed by atoms with Crippen LogP contribution in [0.2, 0.25) is 0 Å². The third kappa shape index (κ3) is 3.45. The van der Waals surface area contributed by atoms with Gasteiger partial charge < -0.3 is 14.6 Å². The molecule has 1 amide bonds. The van der Waals surface area contributed by atoms with E-state index in [2.05, 4.69) is 21.2 Å². The molecule has 5 nitrogen and oxygen atoms in total. The fourth-order valence-electron chi connectivity index (χ4n) is 2.05. The Kier molecular flexibility index (Phi) is 4.76. The van der Waals surface area contributed by atoms with E-state index >= 15 is 0 Å². The van der Waals surface area contributed by atoms with Crippen LogP contribution in [-0.2, 0) is 16.1 Å². The number of ether oxygens (including phenoxy) is 1. The zero-order chi connectivity index (χ0) is 13.8. The number of amides is 1. The number of carbonyl (C=O) groups is 1. The zero-order valence-electron chi connectivity index (χ0n) is 10.8. The Labute approximate surface area is 120 Å². The van der Waals surface area contributed by atoms with Gasteiger partial charge in [0.1, 0.15) is 5.69 Å². The number of carbonyl (C=O) groups excluding carboxylic acids is 1. The van der Waals surface area contributed by atoms with Crippen LogP contribution in [0.1, 0.15) is 19.8 Å². The maximum atomic E-state index is 12.1. The second kappa shape index (κ2) is 6.34. The molecule has 1 fully saturated rings. The smallest absolute Gasteiger partial charge is 0.229 e. The summed E-state index contributed by atoms with van der Waals surface area (Å²) in [6.07, 6.45) is 5.06. The summed E-state index contributed by atoms with van der Waals surface area (Å²) in [7, 11) is 0. The first-order valence-corrected chi connectivity index (χ1v) is 7.19. The SMILES string of the molecule is CCn1cc(Br)c(=O)c(NC(=O)[C@@H]2CCCOC2)c1. The molecule has 1 aliphatic heterocycles. The van der Waals surface area contributed by atoms with Crippen molar-refractivity contribution in [2.45, 2.75) is 26.3 Å². The Bertz CT molecular complexity index is 521. The van der Waals surface area contributed by atoms with Crippen molar-refractivity contribution in [3.05, 3.63) is 27.1 Å². The third-order valence-corrected chi connectivity index (χ3v) is 3.75. The average Bonchev–Trinajstić information content (AvgIpc) is 2.44. The standard InChI is InChI=1S/C13H17BrN2O3/c1-2-16-6-10(14)12(17)11(7-16)15-13(18)9-4-3-5-19-8-9/h6-7,9H,2-5,8H2,1H3,(H,15,18)/t9-/m1/s1. The van der Waals surface area contributed by atoms with Crippen molar-refractivity contribution >= 4 is 27.5 Å². The monoisotopic (exact) mass is 328 g/mol. The van der Waals surface area contributed by atoms with E-state index in [1.165, 1.54) is 0 Å². The molecule has 19 heavy (non-hydrogen) atoms. The average molecular weight is 329 g/mol. The molecule has 1 aromatic rings. The first-order valence-electron chi connectivity index (χ1n) is 6.40. The fraction of sp³-hybridized carbons (Fsp3) is 0.538. The highest BCUT2D eigenvalue weighted by Gasteiger charge is 2.22. The number of nitrogens with one attached hydrogen (secondary N) is 1. The Morgan fingerprint density at radius 3 is 3.00 bits per heavy atom. The predicted octanol–water partition coefficient (Wildman–Crippen LogP) is 2.00. The van der Waals surface area contributed by atoms with Crippen molar-refractivity contribution < 1.29 is 9.53 Å². The number of hydrogen-bond donors (Lipinski definition) is 1. The summed E-state index contributed by atoms with van der Waals surface area (Å²) in [6, 6.07) is 0. The molecule has 0 unspecified atom stereocenters. The summed E-state index contributed by atoms with van der Waals surface area (Å²) in [5, 5.41) is 2.71. The van der Waals surface area contributed by atoms with Crippen LogP contribution >= 0.6 is 15.9 Å². The molecular formula is C13H17BrN2O3. The van der Waals surface area contributed by atoms with Gasteiger partial charge >= 0.3 is 0 Å². The van der Waals surface area contributed by atoms with Gasteiger partial charge in [0.2, 0.25) is 11.3 Å². The topological polar surface area (TPSA) is 60.3 Å². The van der Waals surface area contributed by atoms with Gasteiger partial charge in [0.15, 0.2) is 0 Å². The number of anilines is 1. The predicted molar refractivity (Wildman–Crippen MR) is 76.2 cm³/mol. The Morgan fingerprint density at radius 1 is 1.58 bits per heavy atom. The number of halogens is 1. The molecule has 1 atom stereocenters. The molecular weight excluding hydrogens is 312 g/mol. The number of aryl methyl sites for hydroxylation is 1. The van der Waals surface area contributed by atoms with E-state index in [0.29, 0.717) is 23.4 Å². The summed E-state index contributed by atoms with van der Waals surface area (Å²) < 4.78 is 7.58. The second-order valence-corrected chi connectivity index (χ2v) is 5.44. The maximum absolute atomic E-state index is 12.1. The lowest BCUT2D eigenvalue weighted by Gasteiger charge is -2.21. The number of pyridine rings is 1. The van der Waals surface area contributed by atoms with E-state index in [1.807, 2.05) is 11.5 Å². The van der Waals surface area contributed by atoms with Gasteiger partial charge in [-0.15, -0.1) is 0 Å². The molecule has 1 aromatic heterocycles. The lowest BCUT2D eigenvalue weighted by Crippen LogP contribution is -2.32. The van der Waals surface area contributed by atoms with Gasteiger partial charge in [-0.1, -0.05) is 0 Å². The summed E-state index contributed by atoms with van der Waals surface area (Å²) in [5.74, 6) is -0.306. The highest BCUT2D eigenvalue weighted by Crippen LogP contribution is 2.16. The van der Waals surface area contributed by atoms with Crippen LogP contribution in [0.5, 0.6) is 0 Å². The highest BCUT2D eigenvalue weighted by molar-refractivity contribution is 9.10. The zero-order valence-corrected chi connectivity index (χ0v) is 12.4. The molecule has 2 rings (SSSR count). The molecule has 0 spiro atoms. The minimum atomic E-state index is -0.199. The molecule has 1 saturated heterocycles. The molecule has 0 aromatic carbocycles. The van der Waals surface area contributed by atoms with E-state index in [9.17, 15) is 9.59 Å². The molecule has 104 valence electrons. The van der Waals surface area contributed by atoms with Crippen molar-refractivity contribution in [1.82, 2.24) is 4.57 Å². The van der Waals surface area contributed by atoms with Crippen LogP contribution in [0.15, 0.2) is 21.7 Å². The molecule has 0 aliphatic carbocycles. The molecule has 1 N–H and O–H groups in total. The van der Waals surface area contributed by atoms with Gasteiger partial charge in [0.05, 0.1) is 17.0 Å². The molecule has 1 aliphatic rings. The molecule has 0 saturated carbocycles. The third-order valence-electron chi connectivity index (χ3n) is 3.19. The lowest BCUT2D eigenvalue weighted by atomic mass is 10.0. The van der Waals surface area contributed by atoms with E-state index in [1.54, 1.807) is 12.4 Å².